The van der Waals surface area contributed by atoms with Gasteiger partial charge in [0.1, 0.15) is 5.15 Å². The van der Waals surface area contributed by atoms with Crippen molar-refractivity contribution in [1.82, 2.24) is 10.3 Å². The smallest absolute Gasteiger partial charge is 0.133 e. The van der Waals surface area contributed by atoms with Crippen molar-refractivity contribution in [3.05, 3.63) is 26.5 Å². The molecule has 1 aromatic heterocycles. The van der Waals surface area contributed by atoms with Gasteiger partial charge in [0.05, 0.1) is 0 Å². The number of hydrogen-bond acceptors (Lipinski definition) is 2. The third-order valence-electron chi connectivity index (χ3n) is 1.73. The van der Waals surface area contributed by atoms with Gasteiger partial charge in [0.2, 0.25) is 0 Å². The molecule has 0 saturated carbocycles. The van der Waals surface area contributed by atoms with E-state index in [0.29, 0.717) is 5.15 Å². The standard InChI is InChI=1S/C8H10ClIN2/c1-5(11-2)7-3-6(10)4-12-8(7)9/h3-5,11H,1-2H3. The molecular weight excluding hydrogens is 286 g/mol. The summed E-state index contributed by atoms with van der Waals surface area (Å²) in [4.78, 5) is 4.07. The van der Waals surface area contributed by atoms with E-state index < -0.39 is 0 Å². The molecule has 0 aromatic carbocycles. The van der Waals surface area contributed by atoms with Gasteiger partial charge >= 0.3 is 0 Å². The number of pyridine rings is 1. The quantitative estimate of drug-likeness (QED) is 0.670. The molecule has 1 rings (SSSR count). The van der Waals surface area contributed by atoms with E-state index in [1.54, 1.807) is 6.20 Å². The van der Waals surface area contributed by atoms with Crippen molar-refractivity contribution in [2.45, 2.75) is 13.0 Å². The number of rotatable bonds is 2. The van der Waals surface area contributed by atoms with Gasteiger partial charge in [-0.3, -0.25) is 0 Å². The van der Waals surface area contributed by atoms with Crippen molar-refractivity contribution in [1.29, 1.82) is 0 Å². The zero-order chi connectivity index (χ0) is 9.14. The Morgan fingerprint density at radius 3 is 2.92 bits per heavy atom. The van der Waals surface area contributed by atoms with Crippen molar-refractivity contribution in [2.24, 2.45) is 0 Å². The first kappa shape index (κ1) is 10.2. The Morgan fingerprint density at radius 1 is 1.67 bits per heavy atom. The van der Waals surface area contributed by atoms with Crippen LogP contribution in [0.2, 0.25) is 5.15 Å². The third kappa shape index (κ3) is 2.31. The first-order valence-corrected chi connectivity index (χ1v) is 5.09. The Bertz CT molecular complexity index is 278. The highest BCUT2D eigenvalue weighted by atomic mass is 127. The van der Waals surface area contributed by atoms with E-state index in [0.717, 1.165) is 9.13 Å². The minimum Gasteiger partial charge on any atom is -0.313 e. The predicted octanol–water partition coefficient (Wildman–Crippen LogP) is 2.62. The van der Waals surface area contributed by atoms with Crippen LogP contribution in [0.25, 0.3) is 0 Å². The molecule has 1 aromatic rings. The second kappa shape index (κ2) is 4.39. The molecule has 1 heterocycles. The predicted molar refractivity (Wildman–Crippen MR) is 59.4 cm³/mol. The molecule has 1 N–H and O–H groups in total. The number of aromatic nitrogens is 1. The Kier molecular flexibility index (Phi) is 3.74. The molecule has 0 spiro atoms. The second-order valence-corrected chi connectivity index (χ2v) is 4.15. The van der Waals surface area contributed by atoms with Gasteiger partial charge in [-0.15, -0.1) is 0 Å². The maximum atomic E-state index is 5.92. The molecule has 12 heavy (non-hydrogen) atoms. The van der Waals surface area contributed by atoms with Crippen LogP contribution >= 0.6 is 34.2 Å². The summed E-state index contributed by atoms with van der Waals surface area (Å²) in [7, 11) is 1.90. The van der Waals surface area contributed by atoms with Crippen molar-refractivity contribution in [3.8, 4) is 0 Å². The Morgan fingerprint density at radius 2 is 2.33 bits per heavy atom. The summed E-state index contributed by atoms with van der Waals surface area (Å²) in [6, 6.07) is 2.29. The number of nitrogens with one attached hydrogen (secondary N) is 1. The number of hydrogen-bond donors (Lipinski definition) is 1. The molecule has 2 nitrogen and oxygen atoms in total. The SMILES string of the molecule is CNC(C)c1cc(I)cnc1Cl. The summed E-state index contributed by atoms with van der Waals surface area (Å²) in [5.74, 6) is 0. The lowest BCUT2D eigenvalue weighted by atomic mass is 10.1. The fourth-order valence-corrected chi connectivity index (χ4v) is 1.64. The third-order valence-corrected chi connectivity index (χ3v) is 2.64. The minimum atomic E-state index is 0.250. The Balaban J connectivity index is 3.04. The van der Waals surface area contributed by atoms with Crippen molar-refractivity contribution >= 4 is 34.2 Å². The average Bonchev–Trinajstić information content (AvgIpc) is 2.08. The van der Waals surface area contributed by atoms with Crippen LogP contribution in [0.4, 0.5) is 0 Å². The maximum Gasteiger partial charge on any atom is 0.133 e. The average molecular weight is 297 g/mol. The lowest BCUT2D eigenvalue weighted by molar-refractivity contribution is 0.649. The summed E-state index contributed by atoms with van der Waals surface area (Å²) < 4.78 is 1.11. The molecule has 0 aliphatic carbocycles. The number of halogens is 2. The molecule has 66 valence electrons. The lowest BCUT2D eigenvalue weighted by Crippen LogP contribution is -2.13. The summed E-state index contributed by atoms with van der Waals surface area (Å²) >= 11 is 8.14. The molecule has 0 aliphatic heterocycles. The van der Waals surface area contributed by atoms with Crippen molar-refractivity contribution < 1.29 is 0 Å². The van der Waals surface area contributed by atoms with E-state index in [2.05, 4.69) is 39.8 Å². The molecular formula is C8H10ClIN2. The van der Waals surface area contributed by atoms with Crippen LogP contribution in [0.3, 0.4) is 0 Å². The van der Waals surface area contributed by atoms with Gasteiger partial charge in [-0.05, 0) is 42.6 Å². The minimum absolute atomic E-state index is 0.250. The summed E-state index contributed by atoms with van der Waals surface area (Å²) in [5, 5.41) is 3.70. The van der Waals surface area contributed by atoms with Crippen LogP contribution in [0.1, 0.15) is 18.5 Å². The number of nitrogens with zero attached hydrogens (tertiary/aromatic N) is 1. The maximum absolute atomic E-state index is 5.92. The largest absolute Gasteiger partial charge is 0.313 e. The highest BCUT2D eigenvalue weighted by Crippen LogP contribution is 2.21. The zero-order valence-electron chi connectivity index (χ0n) is 6.94. The summed E-state index contributed by atoms with van der Waals surface area (Å²) in [6.07, 6.45) is 1.76. The Labute approximate surface area is 90.9 Å². The van der Waals surface area contributed by atoms with Gasteiger partial charge in [-0.2, -0.15) is 0 Å². The van der Waals surface area contributed by atoms with Crippen molar-refractivity contribution in [3.63, 3.8) is 0 Å². The van der Waals surface area contributed by atoms with Crippen LogP contribution < -0.4 is 5.32 Å². The molecule has 4 heteroatoms. The monoisotopic (exact) mass is 296 g/mol. The Hall–Kier alpha value is 0.130. The normalized spacial score (nSPS) is 13.0. The van der Waals surface area contributed by atoms with Gasteiger partial charge in [0.15, 0.2) is 0 Å². The zero-order valence-corrected chi connectivity index (χ0v) is 9.85. The van der Waals surface area contributed by atoms with Crippen molar-refractivity contribution in [2.75, 3.05) is 7.05 Å². The topological polar surface area (TPSA) is 24.9 Å². The van der Waals surface area contributed by atoms with Crippen LogP contribution in [0, 0.1) is 3.57 Å². The first-order valence-electron chi connectivity index (χ1n) is 3.63. The fourth-order valence-electron chi connectivity index (χ4n) is 0.897. The first-order chi connectivity index (χ1) is 5.65. The van der Waals surface area contributed by atoms with Crippen LogP contribution in [0.5, 0.6) is 0 Å². The van der Waals surface area contributed by atoms with Gasteiger partial charge in [0, 0.05) is 21.4 Å². The molecule has 0 fully saturated rings. The molecule has 1 unspecified atom stereocenters. The van der Waals surface area contributed by atoms with E-state index in [9.17, 15) is 0 Å². The molecule has 0 radical (unpaired) electrons. The molecule has 1 atom stereocenters. The van der Waals surface area contributed by atoms with Gasteiger partial charge < -0.3 is 5.32 Å². The van der Waals surface area contributed by atoms with Gasteiger partial charge in [-0.25, -0.2) is 4.98 Å². The molecule has 0 amide bonds. The highest BCUT2D eigenvalue weighted by Gasteiger charge is 2.08. The lowest BCUT2D eigenvalue weighted by Gasteiger charge is -2.11. The van der Waals surface area contributed by atoms with E-state index in [1.807, 2.05) is 13.1 Å². The highest BCUT2D eigenvalue weighted by molar-refractivity contribution is 14.1. The van der Waals surface area contributed by atoms with E-state index >= 15 is 0 Å². The molecule has 0 aliphatic rings. The van der Waals surface area contributed by atoms with E-state index in [4.69, 9.17) is 11.6 Å². The fraction of sp³-hybridized carbons (Fsp3) is 0.375. The summed E-state index contributed by atoms with van der Waals surface area (Å²) in [6.45, 7) is 2.05. The molecule has 0 bridgehead atoms. The van der Waals surface area contributed by atoms with Gasteiger partial charge in [-0.1, -0.05) is 11.6 Å². The second-order valence-electron chi connectivity index (χ2n) is 2.54. The summed E-state index contributed by atoms with van der Waals surface area (Å²) in [5.41, 5.74) is 1.05. The molecule has 0 saturated heterocycles. The van der Waals surface area contributed by atoms with E-state index in [1.165, 1.54) is 0 Å². The van der Waals surface area contributed by atoms with Gasteiger partial charge in [0.25, 0.3) is 0 Å². The van der Waals surface area contributed by atoms with Crippen LogP contribution in [0.15, 0.2) is 12.3 Å². The van der Waals surface area contributed by atoms with Crippen LogP contribution in [-0.2, 0) is 0 Å². The van der Waals surface area contributed by atoms with E-state index in [-0.39, 0.29) is 6.04 Å². The van der Waals surface area contributed by atoms with Crippen LogP contribution in [-0.4, -0.2) is 12.0 Å².